The zero-order chi connectivity index (χ0) is 33.7. The number of hydrogen-bond donors (Lipinski definition) is 0. The Morgan fingerprint density at radius 2 is 0.961 bits per heavy atom. The van der Waals surface area contributed by atoms with Gasteiger partial charge in [0.15, 0.2) is 5.82 Å². The molecule has 2 aromatic heterocycles. The second-order valence-electron chi connectivity index (χ2n) is 13.0. The summed E-state index contributed by atoms with van der Waals surface area (Å²) in [4.78, 5) is 10.3. The van der Waals surface area contributed by atoms with E-state index in [0.717, 1.165) is 66.7 Å². The molecule has 0 spiro atoms. The van der Waals surface area contributed by atoms with Crippen LogP contribution in [0.1, 0.15) is 0 Å². The van der Waals surface area contributed by atoms with Gasteiger partial charge in [-0.1, -0.05) is 158 Å². The van der Waals surface area contributed by atoms with Gasteiger partial charge >= 0.3 is 0 Å². The van der Waals surface area contributed by atoms with Crippen molar-refractivity contribution in [2.24, 2.45) is 0 Å². The molecule has 10 aromatic rings. The minimum atomic E-state index is 0.682. The van der Waals surface area contributed by atoms with Crippen LogP contribution in [0.5, 0.6) is 0 Å². The molecule has 8 aromatic carbocycles. The molecular formula is C48H30N2O. The molecule has 238 valence electrons. The quantitative estimate of drug-likeness (QED) is 0.174. The number of hydrogen-bond acceptors (Lipinski definition) is 3. The van der Waals surface area contributed by atoms with Gasteiger partial charge in [0.1, 0.15) is 11.2 Å². The number of nitrogens with zero attached hydrogens (tertiary/aromatic N) is 2. The summed E-state index contributed by atoms with van der Waals surface area (Å²) in [6, 6.07) is 63.8. The van der Waals surface area contributed by atoms with Crippen molar-refractivity contribution in [3.05, 3.63) is 182 Å². The van der Waals surface area contributed by atoms with E-state index in [9.17, 15) is 0 Å². The maximum Gasteiger partial charge on any atom is 0.160 e. The first kappa shape index (κ1) is 29.1. The van der Waals surface area contributed by atoms with Gasteiger partial charge in [-0.3, -0.25) is 0 Å². The molecule has 0 fully saturated rings. The summed E-state index contributed by atoms with van der Waals surface area (Å²) in [5.41, 5.74) is 10.8. The van der Waals surface area contributed by atoms with Crippen LogP contribution >= 0.6 is 0 Å². The van der Waals surface area contributed by atoms with E-state index in [0.29, 0.717) is 5.82 Å². The van der Waals surface area contributed by atoms with Gasteiger partial charge in [-0.05, 0) is 62.5 Å². The third-order valence-corrected chi connectivity index (χ3v) is 9.90. The first-order valence-electron chi connectivity index (χ1n) is 17.2. The largest absolute Gasteiger partial charge is 0.455 e. The average Bonchev–Trinajstić information content (AvgIpc) is 3.60. The molecule has 3 nitrogen and oxygen atoms in total. The first-order valence-corrected chi connectivity index (χ1v) is 17.2. The molecule has 51 heavy (non-hydrogen) atoms. The number of rotatable bonds is 5. The van der Waals surface area contributed by atoms with Crippen LogP contribution in [0.2, 0.25) is 0 Å². The summed E-state index contributed by atoms with van der Waals surface area (Å²) in [7, 11) is 0. The summed E-state index contributed by atoms with van der Waals surface area (Å²) in [5, 5.41) is 7.19. The van der Waals surface area contributed by atoms with Crippen molar-refractivity contribution in [3.8, 4) is 56.2 Å². The maximum absolute atomic E-state index is 6.69. The summed E-state index contributed by atoms with van der Waals surface area (Å²) >= 11 is 0. The van der Waals surface area contributed by atoms with Crippen LogP contribution < -0.4 is 0 Å². The number of aromatic nitrogens is 2. The van der Waals surface area contributed by atoms with Gasteiger partial charge in [0.2, 0.25) is 0 Å². The fourth-order valence-corrected chi connectivity index (χ4v) is 7.36. The van der Waals surface area contributed by atoms with E-state index in [4.69, 9.17) is 14.4 Å². The third-order valence-electron chi connectivity index (χ3n) is 9.90. The van der Waals surface area contributed by atoms with Crippen LogP contribution in [-0.2, 0) is 0 Å². The van der Waals surface area contributed by atoms with Crippen molar-refractivity contribution in [3.63, 3.8) is 0 Å². The Morgan fingerprint density at radius 3 is 1.76 bits per heavy atom. The average molecular weight is 651 g/mol. The van der Waals surface area contributed by atoms with Crippen molar-refractivity contribution in [2.75, 3.05) is 0 Å². The monoisotopic (exact) mass is 650 g/mol. The van der Waals surface area contributed by atoms with Crippen molar-refractivity contribution in [2.45, 2.75) is 0 Å². The molecule has 0 aliphatic carbocycles. The lowest BCUT2D eigenvalue weighted by atomic mass is 9.92. The number of fused-ring (bicyclic) bond motifs is 6. The standard InChI is InChI=1S/C48H30N2O/c1-3-12-34(13-4-1)43-30-44(50-48(49-43)36-14-5-2-6-15-36)41-28-27-40-39-17-9-10-18-45(39)51-47(40)46(41)35-24-19-31(20-25-35)37-26-23-33-22-21-32-11-7-8-16-38(32)42(33)29-37/h1-30H. The fraction of sp³-hybridized carbons (Fsp3) is 0. The molecule has 0 saturated carbocycles. The van der Waals surface area contributed by atoms with E-state index in [2.05, 4.69) is 133 Å². The van der Waals surface area contributed by atoms with E-state index in [1.54, 1.807) is 0 Å². The van der Waals surface area contributed by atoms with Crippen LogP contribution in [-0.4, -0.2) is 9.97 Å². The Labute approximate surface area is 295 Å². The Bertz CT molecular complexity index is 2830. The lowest BCUT2D eigenvalue weighted by Crippen LogP contribution is -1.97. The molecule has 3 heteroatoms. The van der Waals surface area contributed by atoms with Gasteiger partial charge in [-0.25, -0.2) is 9.97 Å². The summed E-state index contributed by atoms with van der Waals surface area (Å²) in [5.74, 6) is 0.682. The molecule has 0 radical (unpaired) electrons. The lowest BCUT2D eigenvalue weighted by Gasteiger charge is -2.14. The van der Waals surface area contributed by atoms with Crippen LogP contribution in [0.25, 0.3) is 99.6 Å². The van der Waals surface area contributed by atoms with E-state index in [1.807, 2.05) is 48.5 Å². The van der Waals surface area contributed by atoms with Crippen molar-refractivity contribution >= 4 is 43.5 Å². The molecule has 0 atom stereocenters. The summed E-state index contributed by atoms with van der Waals surface area (Å²) in [6.45, 7) is 0. The molecule has 10 rings (SSSR count). The van der Waals surface area contributed by atoms with Crippen molar-refractivity contribution < 1.29 is 4.42 Å². The normalized spacial score (nSPS) is 11.5. The predicted octanol–water partition coefficient (Wildman–Crippen LogP) is 13.0. The lowest BCUT2D eigenvalue weighted by molar-refractivity contribution is 0.670. The SMILES string of the molecule is c1ccc(-c2cc(-c3ccc4c(oc5ccccc54)c3-c3ccc(-c4ccc5ccc6ccccc6c5c4)cc3)nc(-c3ccccc3)n2)cc1. The van der Waals surface area contributed by atoms with Crippen LogP contribution in [0.3, 0.4) is 0 Å². The number of furan rings is 1. The smallest absolute Gasteiger partial charge is 0.160 e. The minimum absolute atomic E-state index is 0.682. The van der Waals surface area contributed by atoms with Gasteiger partial charge in [0.05, 0.1) is 11.4 Å². The molecular weight excluding hydrogens is 621 g/mol. The Hall–Kier alpha value is -6.84. The van der Waals surface area contributed by atoms with Crippen LogP contribution in [0.15, 0.2) is 186 Å². The molecule has 0 aliphatic rings. The van der Waals surface area contributed by atoms with E-state index >= 15 is 0 Å². The van der Waals surface area contributed by atoms with Crippen LogP contribution in [0, 0.1) is 0 Å². The van der Waals surface area contributed by atoms with Gasteiger partial charge in [-0.2, -0.15) is 0 Å². The molecule has 2 heterocycles. The Kier molecular flexibility index (Phi) is 6.81. The van der Waals surface area contributed by atoms with Crippen molar-refractivity contribution in [1.82, 2.24) is 9.97 Å². The third kappa shape index (κ3) is 5.06. The zero-order valence-corrected chi connectivity index (χ0v) is 27.6. The highest BCUT2D eigenvalue weighted by Gasteiger charge is 2.20. The molecule has 0 unspecified atom stereocenters. The topological polar surface area (TPSA) is 38.9 Å². The molecule has 0 bridgehead atoms. The molecule has 0 amide bonds. The van der Waals surface area contributed by atoms with Crippen molar-refractivity contribution in [1.29, 1.82) is 0 Å². The van der Waals surface area contributed by atoms with E-state index in [1.165, 1.54) is 27.1 Å². The van der Waals surface area contributed by atoms with Gasteiger partial charge in [-0.15, -0.1) is 0 Å². The predicted molar refractivity (Wildman–Crippen MR) is 212 cm³/mol. The highest BCUT2D eigenvalue weighted by molar-refractivity contribution is 6.13. The fourth-order valence-electron chi connectivity index (χ4n) is 7.36. The minimum Gasteiger partial charge on any atom is -0.455 e. The number of benzene rings is 8. The maximum atomic E-state index is 6.69. The Morgan fingerprint density at radius 1 is 0.353 bits per heavy atom. The van der Waals surface area contributed by atoms with Gasteiger partial charge in [0.25, 0.3) is 0 Å². The van der Waals surface area contributed by atoms with Gasteiger partial charge < -0.3 is 4.42 Å². The highest BCUT2D eigenvalue weighted by atomic mass is 16.3. The number of para-hydroxylation sites is 1. The van der Waals surface area contributed by atoms with E-state index in [-0.39, 0.29) is 0 Å². The highest BCUT2D eigenvalue weighted by Crippen LogP contribution is 2.43. The molecule has 0 saturated heterocycles. The second kappa shape index (κ2) is 11.9. The summed E-state index contributed by atoms with van der Waals surface area (Å²) < 4.78 is 6.69. The Balaban J connectivity index is 1.17. The second-order valence-corrected chi connectivity index (χ2v) is 13.0. The zero-order valence-electron chi connectivity index (χ0n) is 27.6. The van der Waals surface area contributed by atoms with E-state index < -0.39 is 0 Å². The first-order chi connectivity index (χ1) is 25.3. The summed E-state index contributed by atoms with van der Waals surface area (Å²) in [6.07, 6.45) is 0. The van der Waals surface area contributed by atoms with Gasteiger partial charge in [0, 0.05) is 33.0 Å². The van der Waals surface area contributed by atoms with Crippen LogP contribution in [0.4, 0.5) is 0 Å². The molecule has 0 N–H and O–H groups in total. The molecule has 0 aliphatic heterocycles.